The fourth-order valence-electron chi connectivity index (χ4n) is 8.07. The van der Waals surface area contributed by atoms with E-state index < -0.39 is 23.8 Å². The molecule has 0 heterocycles. The van der Waals surface area contributed by atoms with Gasteiger partial charge in [-0.05, 0) is 84.7 Å². The van der Waals surface area contributed by atoms with Crippen molar-refractivity contribution in [1.82, 2.24) is 0 Å². The number of aliphatic hydroxyl groups excluding tert-OH is 1. The summed E-state index contributed by atoms with van der Waals surface area (Å²) in [5.41, 5.74) is -0.560. The maximum atomic E-state index is 13.4. The predicted molar refractivity (Wildman–Crippen MR) is 124 cm³/mol. The Morgan fingerprint density at radius 1 is 0.939 bits per heavy atom. The van der Waals surface area contributed by atoms with Crippen LogP contribution in [-0.2, 0) is 6.18 Å². The van der Waals surface area contributed by atoms with Crippen LogP contribution in [-0.4, -0.2) is 17.0 Å². The molecule has 0 saturated heterocycles. The molecule has 8 atom stereocenters. The molecule has 2 bridgehead atoms. The first kappa shape index (κ1) is 24.8. The first-order chi connectivity index (χ1) is 15.3. The van der Waals surface area contributed by atoms with Gasteiger partial charge in [-0.3, -0.25) is 4.79 Å². The lowest BCUT2D eigenvalue weighted by Gasteiger charge is -2.59. The number of aliphatic hydroxyl groups is 1. The minimum atomic E-state index is -4.43. The number of benzene rings is 1. The van der Waals surface area contributed by atoms with Crippen LogP contribution in [0.1, 0.15) is 89.1 Å². The summed E-state index contributed by atoms with van der Waals surface area (Å²) in [6.45, 7) is 11.6. The zero-order chi connectivity index (χ0) is 24.3. The van der Waals surface area contributed by atoms with Gasteiger partial charge in [0.2, 0.25) is 0 Å². The minimum absolute atomic E-state index is 0.223. The van der Waals surface area contributed by atoms with Gasteiger partial charge >= 0.3 is 6.18 Å². The highest BCUT2D eigenvalue weighted by atomic mass is 19.4. The van der Waals surface area contributed by atoms with Gasteiger partial charge in [0.25, 0.3) is 0 Å². The Hall–Kier alpha value is -1.36. The van der Waals surface area contributed by atoms with E-state index in [1.54, 1.807) is 0 Å². The van der Waals surface area contributed by atoms with Crippen LogP contribution in [0.25, 0.3) is 0 Å². The molecule has 1 N–H and O–H groups in total. The number of hydrogen-bond acceptors (Lipinski definition) is 2. The Bertz CT molecular complexity index is 874. The zero-order valence-corrected chi connectivity index (χ0v) is 20.6. The highest BCUT2D eigenvalue weighted by molar-refractivity contribution is 5.98. The van der Waals surface area contributed by atoms with Gasteiger partial charge in [0.05, 0.1) is 11.7 Å². The van der Waals surface area contributed by atoms with Crippen molar-refractivity contribution in [3.05, 3.63) is 35.4 Å². The lowest BCUT2D eigenvalue weighted by molar-refractivity contribution is -0.137. The van der Waals surface area contributed by atoms with Gasteiger partial charge in [-0.1, -0.05) is 53.2 Å². The minimum Gasteiger partial charge on any atom is -0.392 e. The first-order valence-corrected chi connectivity index (χ1v) is 12.7. The third-order valence-electron chi connectivity index (χ3n) is 10.2. The van der Waals surface area contributed by atoms with E-state index in [9.17, 15) is 23.1 Å². The SMILES string of the molecule is C[C@@H]1CC(C(=O)c2ccc(C(F)(F)F)cc2)C(O)[C@@]2(C)CC[C@H]3[C@H](C)CC[C@@H](C[C@H]12)C3(C)C. The van der Waals surface area contributed by atoms with E-state index in [4.69, 9.17) is 0 Å². The van der Waals surface area contributed by atoms with E-state index in [-0.39, 0.29) is 28.1 Å². The normalized spacial score (nSPS) is 40.9. The average Bonchev–Trinajstić information content (AvgIpc) is 2.73. The van der Waals surface area contributed by atoms with Crippen LogP contribution in [0.4, 0.5) is 13.2 Å². The topological polar surface area (TPSA) is 37.3 Å². The fourth-order valence-corrected chi connectivity index (χ4v) is 8.07. The zero-order valence-electron chi connectivity index (χ0n) is 20.6. The molecule has 2 nitrogen and oxygen atoms in total. The third kappa shape index (κ3) is 4.17. The van der Waals surface area contributed by atoms with E-state index in [1.807, 2.05) is 0 Å². The van der Waals surface area contributed by atoms with Gasteiger partial charge in [0.1, 0.15) is 0 Å². The summed E-state index contributed by atoms with van der Waals surface area (Å²) in [7, 11) is 0. The lowest BCUT2D eigenvalue weighted by atomic mass is 9.47. The smallest absolute Gasteiger partial charge is 0.392 e. The van der Waals surface area contributed by atoms with Gasteiger partial charge in [0, 0.05) is 11.5 Å². The van der Waals surface area contributed by atoms with Crippen molar-refractivity contribution in [2.75, 3.05) is 0 Å². The van der Waals surface area contributed by atoms with E-state index in [0.29, 0.717) is 30.1 Å². The molecule has 0 aromatic heterocycles. The van der Waals surface area contributed by atoms with E-state index >= 15 is 0 Å². The van der Waals surface area contributed by atoms with Crippen LogP contribution in [0.2, 0.25) is 0 Å². The molecule has 0 amide bonds. The molecule has 0 radical (unpaired) electrons. The molecule has 3 saturated carbocycles. The Balaban J connectivity index is 1.61. The van der Waals surface area contributed by atoms with Crippen LogP contribution in [0.15, 0.2) is 24.3 Å². The highest BCUT2D eigenvalue weighted by Crippen LogP contribution is 2.61. The molecule has 5 heteroatoms. The lowest BCUT2D eigenvalue weighted by Crippen LogP contribution is -2.56. The highest BCUT2D eigenvalue weighted by Gasteiger charge is 2.56. The maximum absolute atomic E-state index is 13.4. The second kappa shape index (κ2) is 8.39. The van der Waals surface area contributed by atoms with Crippen molar-refractivity contribution in [3.8, 4) is 0 Å². The number of hydrogen-bond donors (Lipinski definition) is 1. The summed E-state index contributed by atoms with van der Waals surface area (Å²) < 4.78 is 38.9. The number of carbonyl (C=O) groups is 1. The van der Waals surface area contributed by atoms with Crippen LogP contribution >= 0.6 is 0 Å². The van der Waals surface area contributed by atoms with Crippen LogP contribution in [0, 0.1) is 46.3 Å². The number of rotatable bonds is 2. The van der Waals surface area contributed by atoms with Crippen LogP contribution < -0.4 is 0 Å². The Kier molecular flexibility index (Phi) is 6.29. The van der Waals surface area contributed by atoms with Gasteiger partial charge in [-0.25, -0.2) is 0 Å². The monoisotopic (exact) mass is 464 g/mol. The molecule has 3 fully saturated rings. The molecule has 1 aromatic rings. The van der Waals surface area contributed by atoms with Crippen molar-refractivity contribution in [1.29, 1.82) is 0 Å². The Morgan fingerprint density at radius 2 is 1.58 bits per heavy atom. The summed E-state index contributed by atoms with van der Waals surface area (Å²) in [5, 5.41) is 11.6. The molecule has 33 heavy (non-hydrogen) atoms. The summed E-state index contributed by atoms with van der Waals surface area (Å²) in [6, 6.07) is 4.47. The molecule has 4 rings (SSSR count). The van der Waals surface area contributed by atoms with Gasteiger partial charge < -0.3 is 5.11 Å². The summed E-state index contributed by atoms with van der Waals surface area (Å²) in [4.78, 5) is 13.4. The van der Waals surface area contributed by atoms with Crippen LogP contribution in [0.3, 0.4) is 0 Å². The molecular formula is C28H39F3O2. The fraction of sp³-hybridized carbons (Fsp3) is 0.750. The third-order valence-corrected chi connectivity index (χ3v) is 10.2. The number of ketones is 1. The first-order valence-electron chi connectivity index (χ1n) is 12.7. The molecule has 0 aliphatic heterocycles. The molecule has 184 valence electrons. The summed E-state index contributed by atoms with van der Waals surface area (Å²) >= 11 is 0. The molecule has 3 aliphatic rings. The number of alkyl halides is 3. The average molecular weight is 465 g/mol. The van der Waals surface area contributed by atoms with Gasteiger partial charge in [-0.2, -0.15) is 13.2 Å². The second-order valence-corrected chi connectivity index (χ2v) is 12.3. The molecular weight excluding hydrogens is 425 g/mol. The molecule has 0 spiro atoms. The number of halogens is 3. The maximum Gasteiger partial charge on any atom is 0.416 e. The Morgan fingerprint density at radius 3 is 2.18 bits per heavy atom. The number of Topliss-reactive ketones (excluding diaryl/α,β-unsaturated/α-hetero) is 1. The molecule has 3 aliphatic carbocycles. The quantitative estimate of drug-likeness (QED) is 0.463. The standard InChI is InChI=1S/C28H39F3O2/c1-16-6-9-20-15-23-17(2)14-21(24(32)18-7-10-19(11-8-18)28(29,30)31)25(33)27(23,5)13-12-22(16)26(20,3)4/h7-8,10-11,16-17,20-23,25,33H,6,9,12-15H2,1-5H3/t16-,17-,20+,21?,22+,23-,25?,27+/m1/s1. The predicted octanol–water partition coefficient (Wildman–Crippen LogP) is 7.40. The Labute approximate surface area is 196 Å². The summed E-state index contributed by atoms with van der Waals surface area (Å²) in [5.74, 6) is 1.75. The molecule has 1 aromatic carbocycles. The largest absolute Gasteiger partial charge is 0.416 e. The van der Waals surface area contributed by atoms with Crippen molar-refractivity contribution in [2.45, 2.75) is 85.4 Å². The van der Waals surface area contributed by atoms with Crippen molar-refractivity contribution in [3.63, 3.8) is 0 Å². The van der Waals surface area contributed by atoms with Crippen molar-refractivity contribution in [2.24, 2.45) is 46.3 Å². The van der Waals surface area contributed by atoms with E-state index in [1.165, 1.54) is 25.0 Å². The van der Waals surface area contributed by atoms with E-state index in [0.717, 1.165) is 31.4 Å². The second-order valence-electron chi connectivity index (χ2n) is 12.3. The van der Waals surface area contributed by atoms with Crippen molar-refractivity contribution >= 4 is 5.78 Å². The van der Waals surface area contributed by atoms with Crippen molar-refractivity contribution < 1.29 is 23.1 Å². The number of fused-ring (bicyclic) bond motifs is 3. The van der Waals surface area contributed by atoms with Gasteiger partial charge in [0.15, 0.2) is 5.78 Å². The molecule has 2 unspecified atom stereocenters. The van der Waals surface area contributed by atoms with E-state index in [2.05, 4.69) is 34.6 Å². The van der Waals surface area contributed by atoms with Gasteiger partial charge in [-0.15, -0.1) is 0 Å². The number of carbonyl (C=O) groups excluding carboxylic acids is 1. The summed E-state index contributed by atoms with van der Waals surface area (Å²) in [6.07, 6.45) is 0.935. The van der Waals surface area contributed by atoms with Crippen LogP contribution in [0.5, 0.6) is 0 Å².